The van der Waals surface area contributed by atoms with Crippen LogP contribution in [0.25, 0.3) is 10.4 Å². The number of nitrogens with one attached hydrogen (secondary N) is 1. The van der Waals surface area contributed by atoms with Gasteiger partial charge in [-0.2, -0.15) is 0 Å². The van der Waals surface area contributed by atoms with Crippen molar-refractivity contribution in [1.29, 1.82) is 0 Å². The predicted octanol–water partition coefficient (Wildman–Crippen LogP) is 1.39. The Hall–Kier alpha value is -1.30. The summed E-state index contributed by atoms with van der Waals surface area (Å²) in [6.45, 7) is 4.34. The van der Waals surface area contributed by atoms with Crippen molar-refractivity contribution in [2.45, 2.75) is 31.7 Å². The highest BCUT2D eigenvalue weighted by atomic mass is 16.5. The van der Waals surface area contributed by atoms with Gasteiger partial charge in [0.1, 0.15) is 5.54 Å². The molecule has 0 aromatic carbocycles. The molecule has 0 radical (unpaired) electrons. The summed E-state index contributed by atoms with van der Waals surface area (Å²) in [5.74, 6) is -0.211. The lowest BCUT2D eigenvalue weighted by Gasteiger charge is -2.35. The Kier molecular flexibility index (Phi) is 6.49. The normalized spacial score (nSPS) is 17.8. The molecule has 0 atom stereocenters. The van der Waals surface area contributed by atoms with E-state index in [1.807, 2.05) is 0 Å². The fourth-order valence-electron chi connectivity index (χ4n) is 1.96. The third-order valence-corrected chi connectivity index (χ3v) is 2.97. The van der Waals surface area contributed by atoms with Crippen LogP contribution in [0.2, 0.25) is 0 Å². The van der Waals surface area contributed by atoms with Crippen LogP contribution in [-0.4, -0.2) is 44.4 Å². The maximum atomic E-state index is 12.0. The third-order valence-electron chi connectivity index (χ3n) is 2.97. The molecule has 0 unspecified atom stereocenters. The molecule has 0 bridgehead atoms. The Morgan fingerprint density at radius 1 is 1.56 bits per heavy atom. The van der Waals surface area contributed by atoms with Crippen LogP contribution in [0.15, 0.2) is 5.11 Å². The molecule has 1 aliphatic rings. The van der Waals surface area contributed by atoms with Gasteiger partial charge in [-0.05, 0) is 38.3 Å². The average molecular weight is 256 g/mol. The van der Waals surface area contributed by atoms with Gasteiger partial charge >= 0.3 is 5.97 Å². The highest BCUT2D eigenvalue weighted by Gasteiger charge is 2.40. The van der Waals surface area contributed by atoms with Crippen molar-refractivity contribution < 1.29 is 14.3 Å². The lowest BCUT2D eigenvalue weighted by Crippen LogP contribution is -2.56. The number of hydrogen-bond donors (Lipinski definition) is 1. The molecule has 1 fully saturated rings. The topological polar surface area (TPSA) is 96.3 Å². The highest BCUT2D eigenvalue weighted by Crippen LogP contribution is 2.22. The van der Waals surface area contributed by atoms with Gasteiger partial charge in [-0.25, -0.2) is 0 Å². The van der Waals surface area contributed by atoms with Crippen LogP contribution in [0.3, 0.4) is 0 Å². The molecule has 0 aromatic heterocycles. The first kappa shape index (κ1) is 14.8. The molecule has 1 aliphatic heterocycles. The monoisotopic (exact) mass is 256 g/mol. The van der Waals surface area contributed by atoms with Crippen LogP contribution in [0.5, 0.6) is 0 Å². The van der Waals surface area contributed by atoms with Gasteiger partial charge < -0.3 is 14.8 Å². The van der Waals surface area contributed by atoms with Crippen molar-refractivity contribution in [1.82, 2.24) is 5.32 Å². The van der Waals surface area contributed by atoms with E-state index < -0.39 is 5.54 Å². The molecule has 1 saturated heterocycles. The van der Waals surface area contributed by atoms with Crippen LogP contribution in [0, 0.1) is 0 Å². The Labute approximate surface area is 106 Å². The van der Waals surface area contributed by atoms with Gasteiger partial charge in [0.25, 0.3) is 0 Å². The van der Waals surface area contributed by atoms with Gasteiger partial charge in [-0.15, -0.1) is 0 Å². The van der Waals surface area contributed by atoms with E-state index in [1.165, 1.54) is 0 Å². The van der Waals surface area contributed by atoms with Gasteiger partial charge in [0.2, 0.25) is 0 Å². The zero-order valence-corrected chi connectivity index (χ0v) is 10.7. The molecular formula is C11H20N4O3. The van der Waals surface area contributed by atoms with E-state index in [-0.39, 0.29) is 5.97 Å². The largest absolute Gasteiger partial charge is 0.465 e. The molecular weight excluding hydrogens is 236 g/mol. The number of azide groups is 1. The third kappa shape index (κ3) is 4.18. The Morgan fingerprint density at radius 2 is 2.28 bits per heavy atom. The van der Waals surface area contributed by atoms with Crippen LogP contribution in [0.4, 0.5) is 0 Å². The maximum absolute atomic E-state index is 12.0. The molecule has 1 heterocycles. The fourth-order valence-corrected chi connectivity index (χ4v) is 1.96. The van der Waals surface area contributed by atoms with Crippen molar-refractivity contribution in [3.8, 4) is 0 Å². The Morgan fingerprint density at radius 3 is 2.89 bits per heavy atom. The second-order valence-electron chi connectivity index (χ2n) is 4.15. The summed E-state index contributed by atoms with van der Waals surface area (Å²) in [6.07, 6.45) is 1.94. The molecule has 7 heteroatoms. The number of carbonyl (C=O) groups is 1. The van der Waals surface area contributed by atoms with Gasteiger partial charge in [-0.1, -0.05) is 5.11 Å². The first-order valence-corrected chi connectivity index (χ1v) is 6.26. The Bertz CT molecular complexity index is 309. The molecule has 0 aromatic rings. The first-order chi connectivity index (χ1) is 8.75. The molecule has 7 nitrogen and oxygen atoms in total. The fraction of sp³-hybridized carbons (Fsp3) is 0.909. The molecule has 0 aliphatic carbocycles. The summed E-state index contributed by atoms with van der Waals surface area (Å²) in [5.41, 5.74) is 7.54. The second kappa shape index (κ2) is 7.92. The minimum absolute atomic E-state index is 0.211. The summed E-state index contributed by atoms with van der Waals surface area (Å²) in [6, 6.07) is 0. The number of nitrogens with zero attached hydrogens (tertiary/aromatic N) is 3. The standard InChI is InChI=1S/C11H20N4O3/c1-2-18-10(16)11(4-8-17-9-5-11)13-6-3-7-14-15-12/h13H,2-9H2,1H3. The number of carbonyl (C=O) groups excluding carboxylic acids is 1. The predicted molar refractivity (Wildman–Crippen MR) is 66.0 cm³/mol. The summed E-state index contributed by atoms with van der Waals surface area (Å²) >= 11 is 0. The van der Waals surface area contributed by atoms with Gasteiger partial charge in [0, 0.05) is 24.7 Å². The maximum Gasteiger partial charge on any atom is 0.326 e. The van der Waals surface area contributed by atoms with Gasteiger partial charge in [0.05, 0.1) is 6.61 Å². The average Bonchev–Trinajstić information content (AvgIpc) is 2.40. The molecule has 0 saturated carbocycles. The second-order valence-corrected chi connectivity index (χ2v) is 4.15. The minimum atomic E-state index is -0.634. The Balaban J connectivity index is 2.49. The van der Waals surface area contributed by atoms with Crippen molar-refractivity contribution >= 4 is 5.97 Å². The first-order valence-electron chi connectivity index (χ1n) is 6.26. The molecule has 1 N–H and O–H groups in total. The van der Waals surface area contributed by atoms with Crippen molar-refractivity contribution in [2.24, 2.45) is 5.11 Å². The van der Waals surface area contributed by atoms with Gasteiger partial charge in [0.15, 0.2) is 0 Å². The van der Waals surface area contributed by atoms with Crippen LogP contribution < -0.4 is 5.32 Å². The summed E-state index contributed by atoms with van der Waals surface area (Å²) in [5, 5.41) is 6.70. The number of rotatable bonds is 7. The number of hydrogen-bond acceptors (Lipinski definition) is 5. The lowest BCUT2D eigenvalue weighted by atomic mass is 9.90. The van der Waals surface area contributed by atoms with Gasteiger partial charge in [-0.3, -0.25) is 4.79 Å². The smallest absolute Gasteiger partial charge is 0.326 e. The molecule has 1 rings (SSSR count). The van der Waals surface area contributed by atoms with E-state index in [4.69, 9.17) is 15.0 Å². The summed E-state index contributed by atoms with van der Waals surface area (Å²) < 4.78 is 10.4. The van der Waals surface area contributed by atoms with E-state index in [2.05, 4.69) is 15.3 Å². The summed E-state index contributed by atoms with van der Waals surface area (Å²) in [7, 11) is 0. The molecule has 102 valence electrons. The zero-order chi connectivity index (χ0) is 13.3. The quantitative estimate of drug-likeness (QED) is 0.245. The zero-order valence-electron chi connectivity index (χ0n) is 10.7. The van der Waals surface area contributed by atoms with E-state index in [1.54, 1.807) is 6.92 Å². The van der Waals surface area contributed by atoms with Crippen LogP contribution in [0.1, 0.15) is 26.2 Å². The van der Waals surface area contributed by atoms with Crippen molar-refractivity contribution in [2.75, 3.05) is 32.9 Å². The number of ether oxygens (including phenoxy) is 2. The molecule has 0 spiro atoms. The molecule has 0 amide bonds. The van der Waals surface area contributed by atoms with Crippen LogP contribution >= 0.6 is 0 Å². The molecule has 18 heavy (non-hydrogen) atoms. The lowest BCUT2D eigenvalue weighted by molar-refractivity contribution is -0.155. The van der Waals surface area contributed by atoms with Crippen LogP contribution in [-0.2, 0) is 14.3 Å². The van der Waals surface area contributed by atoms with Crippen molar-refractivity contribution in [3.05, 3.63) is 10.4 Å². The summed E-state index contributed by atoms with van der Waals surface area (Å²) in [4.78, 5) is 14.7. The van der Waals surface area contributed by atoms with E-state index in [9.17, 15) is 4.79 Å². The highest BCUT2D eigenvalue weighted by molar-refractivity contribution is 5.81. The minimum Gasteiger partial charge on any atom is -0.465 e. The van der Waals surface area contributed by atoms with E-state index in [0.717, 1.165) is 0 Å². The van der Waals surface area contributed by atoms with E-state index in [0.29, 0.717) is 52.2 Å². The van der Waals surface area contributed by atoms with E-state index >= 15 is 0 Å². The SMILES string of the molecule is CCOC(=O)C1(NCCCN=[N+]=[N-])CCOCC1. The number of esters is 1. The van der Waals surface area contributed by atoms with Crippen molar-refractivity contribution in [3.63, 3.8) is 0 Å².